The van der Waals surface area contributed by atoms with Crippen LogP contribution >= 0.6 is 34.7 Å². The number of rotatable bonds is 9. The van der Waals surface area contributed by atoms with Crippen LogP contribution in [0.5, 0.6) is 0 Å². The second-order valence-corrected chi connectivity index (χ2v) is 13.5. The fourth-order valence-corrected chi connectivity index (χ4v) is 7.34. The third-order valence-electron chi connectivity index (χ3n) is 7.87. The van der Waals surface area contributed by atoms with E-state index in [1.54, 1.807) is 43.0 Å². The normalized spacial score (nSPS) is 14.7. The average Bonchev–Trinajstić information content (AvgIpc) is 3.66. The van der Waals surface area contributed by atoms with Gasteiger partial charge in [-0.2, -0.15) is 38.1 Å². The molecule has 2 amide bonds. The first-order chi connectivity index (χ1) is 21.9. The van der Waals surface area contributed by atoms with Crippen molar-refractivity contribution in [1.82, 2.24) is 9.88 Å². The van der Waals surface area contributed by atoms with Crippen LogP contribution in [0.3, 0.4) is 0 Å². The number of thioether (sulfide) groups is 1. The number of anilines is 1. The van der Waals surface area contributed by atoms with Crippen LogP contribution in [-0.2, 0) is 12.2 Å². The highest BCUT2D eigenvalue weighted by Gasteiger charge is 2.73. The zero-order valence-corrected chi connectivity index (χ0v) is 26.9. The van der Waals surface area contributed by atoms with Crippen molar-refractivity contribution in [3.63, 3.8) is 0 Å². The van der Waals surface area contributed by atoms with Gasteiger partial charge in [-0.25, -0.2) is 4.39 Å². The molecule has 250 valence electrons. The first kappa shape index (κ1) is 34.8. The summed E-state index contributed by atoms with van der Waals surface area (Å²) in [5.74, 6) is -0.339. The largest absolute Gasteiger partial charge is 0.435 e. The van der Waals surface area contributed by atoms with Gasteiger partial charge in [0.05, 0.1) is 32.9 Å². The molecular weight excluding hydrogens is 695 g/mol. The highest BCUT2D eigenvalue weighted by molar-refractivity contribution is 7.98. The maximum absolute atomic E-state index is 14.6. The lowest BCUT2D eigenvalue weighted by Crippen LogP contribution is -2.50. The van der Waals surface area contributed by atoms with Crippen LogP contribution in [-0.4, -0.2) is 46.3 Å². The monoisotopic (exact) mass is 719 g/mol. The van der Waals surface area contributed by atoms with E-state index in [0.717, 1.165) is 29.2 Å². The van der Waals surface area contributed by atoms with Crippen LogP contribution in [0.4, 0.5) is 36.4 Å². The van der Waals surface area contributed by atoms with Crippen LogP contribution in [0.2, 0.25) is 5.02 Å². The van der Waals surface area contributed by atoms with Crippen molar-refractivity contribution in [2.24, 2.45) is 0 Å². The molecule has 0 unspecified atom stereocenters. The molecular formula is C31H25ClF7N3O3S2. The number of halogens is 8. The lowest BCUT2D eigenvalue weighted by molar-refractivity contribution is -0.348. The molecule has 0 atom stereocenters. The van der Waals surface area contributed by atoms with E-state index in [0.29, 0.717) is 40.3 Å². The first-order valence-electron chi connectivity index (χ1n) is 13.9. The third-order valence-corrected chi connectivity index (χ3v) is 9.96. The summed E-state index contributed by atoms with van der Waals surface area (Å²) in [7, 11) is 0. The zero-order chi connectivity index (χ0) is 34.5. The number of carbonyl (C=O) groups is 2. The van der Waals surface area contributed by atoms with Gasteiger partial charge >= 0.3 is 22.9 Å². The Balaban J connectivity index is 1.37. The highest BCUT2D eigenvalue weighted by atomic mass is 35.5. The Morgan fingerprint density at radius 1 is 0.979 bits per heavy atom. The smallest absolute Gasteiger partial charge is 0.346 e. The summed E-state index contributed by atoms with van der Waals surface area (Å²) >= 11 is 8.33. The Morgan fingerprint density at radius 2 is 1.66 bits per heavy atom. The van der Waals surface area contributed by atoms with Gasteiger partial charge in [-0.05, 0) is 67.5 Å². The fraction of sp³-hybridized carbons (Fsp3) is 0.323. The maximum atomic E-state index is 14.6. The Hall–Kier alpha value is -3.56. The summed E-state index contributed by atoms with van der Waals surface area (Å²) in [5, 5.41) is 5.86. The SMILES string of the molecule is CSCC1(NC(=O)c2c(Cl)cccc2C(=O)Nc2ccc(Cn3c(=O)sc4cc(C(F)(C(F)(F)F)C(F)(F)F)ccc43)cc2C)CC1. The van der Waals surface area contributed by atoms with Gasteiger partial charge in [-0.1, -0.05) is 47.2 Å². The number of nitrogens with zero attached hydrogens (tertiary/aromatic N) is 1. The maximum Gasteiger partial charge on any atom is 0.435 e. The summed E-state index contributed by atoms with van der Waals surface area (Å²) in [4.78, 5) is 38.6. The van der Waals surface area contributed by atoms with Gasteiger partial charge in [0.1, 0.15) is 0 Å². The predicted molar refractivity (Wildman–Crippen MR) is 168 cm³/mol. The zero-order valence-electron chi connectivity index (χ0n) is 24.5. The van der Waals surface area contributed by atoms with E-state index in [-0.39, 0.29) is 38.4 Å². The van der Waals surface area contributed by atoms with E-state index in [2.05, 4.69) is 10.6 Å². The number of aryl methyl sites for hydroxylation is 1. The summed E-state index contributed by atoms with van der Waals surface area (Å²) in [6.07, 6.45) is -8.99. The quantitative estimate of drug-likeness (QED) is 0.171. The van der Waals surface area contributed by atoms with E-state index in [1.165, 1.54) is 12.1 Å². The molecule has 0 aliphatic heterocycles. The average molecular weight is 720 g/mol. The number of aromatic nitrogens is 1. The Bertz CT molecular complexity index is 1920. The Morgan fingerprint density at radius 3 is 2.26 bits per heavy atom. The molecule has 1 aliphatic carbocycles. The molecule has 1 fully saturated rings. The summed E-state index contributed by atoms with van der Waals surface area (Å²) in [6.45, 7) is 1.54. The lowest BCUT2D eigenvalue weighted by Gasteiger charge is -2.30. The number of amides is 2. The minimum Gasteiger partial charge on any atom is -0.346 e. The minimum atomic E-state index is -6.28. The molecule has 0 radical (unpaired) electrons. The predicted octanol–water partition coefficient (Wildman–Crippen LogP) is 8.24. The van der Waals surface area contributed by atoms with Gasteiger partial charge in [-0.15, -0.1) is 0 Å². The number of nitrogens with one attached hydrogen (secondary N) is 2. The van der Waals surface area contributed by atoms with Crippen molar-refractivity contribution in [3.05, 3.63) is 97.1 Å². The van der Waals surface area contributed by atoms with E-state index in [9.17, 15) is 45.1 Å². The van der Waals surface area contributed by atoms with E-state index < -0.39 is 40.3 Å². The third kappa shape index (κ3) is 6.61. The molecule has 3 aromatic carbocycles. The van der Waals surface area contributed by atoms with Crippen LogP contribution in [0.15, 0.2) is 59.4 Å². The first-order valence-corrected chi connectivity index (χ1v) is 16.5. The van der Waals surface area contributed by atoms with Crippen molar-refractivity contribution in [1.29, 1.82) is 0 Å². The molecule has 47 heavy (non-hydrogen) atoms. The topological polar surface area (TPSA) is 80.2 Å². The summed E-state index contributed by atoms with van der Waals surface area (Å²) in [6, 6.07) is 10.9. The number of thiazole rings is 1. The molecule has 16 heteroatoms. The number of carbonyl (C=O) groups excluding carboxylic acids is 2. The molecule has 1 saturated carbocycles. The second kappa shape index (κ2) is 12.5. The van der Waals surface area contributed by atoms with Crippen LogP contribution in [0.25, 0.3) is 10.2 Å². The second-order valence-electron chi connectivity index (χ2n) is 11.2. The number of alkyl halides is 7. The van der Waals surface area contributed by atoms with Crippen molar-refractivity contribution >= 4 is 62.4 Å². The number of benzene rings is 3. The van der Waals surface area contributed by atoms with Crippen LogP contribution in [0.1, 0.15) is 50.2 Å². The Labute approximate surface area is 276 Å². The molecule has 0 saturated heterocycles. The van der Waals surface area contributed by atoms with E-state index in [1.807, 2.05) is 6.26 Å². The van der Waals surface area contributed by atoms with E-state index >= 15 is 0 Å². The molecule has 0 spiro atoms. The van der Waals surface area contributed by atoms with Crippen LogP contribution in [0, 0.1) is 6.92 Å². The molecule has 6 nitrogen and oxygen atoms in total. The van der Waals surface area contributed by atoms with E-state index in [4.69, 9.17) is 11.6 Å². The van der Waals surface area contributed by atoms with Crippen molar-refractivity contribution < 1.29 is 40.3 Å². The van der Waals surface area contributed by atoms with Gasteiger partial charge in [0.25, 0.3) is 11.8 Å². The molecule has 1 aliphatic rings. The molecule has 2 N–H and O–H groups in total. The molecule has 1 aromatic heterocycles. The fourth-order valence-electron chi connectivity index (χ4n) is 5.24. The molecule has 5 rings (SSSR count). The van der Waals surface area contributed by atoms with Crippen molar-refractivity contribution in [2.75, 3.05) is 17.3 Å². The van der Waals surface area contributed by atoms with Crippen molar-refractivity contribution in [2.45, 2.75) is 49.9 Å². The Kier molecular flexibility index (Phi) is 9.23. The molecule has 1 heterocycles. The van der Waals surface area contributed by atoms with Gasteiger partial charge in [0, 0.05) is 22.5 Å². The van der Waals surface area contributed by atoms with Crippen molar-refractivity contribution in [3.8, 4) is 0 Å². The number of fused-ring (bicyclic) bond motifs is 1. The highest BCUT2D eigenvalue weighted by Crippen LogP contribution is 2.53. The van der Waals surface area contributed by atoms with Gasteiger partial charge < -0.3 is 10.6 Å². The van der Waals surface area contributed by atoms with Gasteiger partial charge in [0.2, 0.25) is 0 Å². The van der Waals surface area contributed by atoms with Crippen LogP contribution < -0.4 is 15.5 Å². The minimum absolute atomic E-state index is 0.0164. The summed E-state index contributed by atoms with van der Waals surface area (Å²) < 4.78 is 95.0. The molecule has 4 aromatic rings. The number of hydrogen-bond acceptors (Lipinski definition) is 5. The molecule has 0 bridgehead atoms. The number of hydrogen-bond donors (Lipinski definition) is 2. The van der Waals surface area contributed by atoms with Gasteiger partial charge in [0.15, 0.2) is 0 Å². The lowest BCUT2D eigenvalue weighted by atomic mass is 9.94. The summed E-state index contributed by atoms with van der Waals surface area (Å²) in [5.41, 5.74) is -6.08. The standard InChI is InChI=1S/C31H25ClF7N3O3S2/c1-16-12-17(14-42-22-9-7-18(13-23(22)47-27(42)45)29(33,30(34,35)36)31(37,38)39)6-8-21(16)40-25(43)19-4-3-5-20(32)24(19)26(44)41-28(10-11-28)15-46-2/h3-9,12-13H,10-11,14-15H2,1-2H3,(H,40,43)(H,41,44). The van der Waals surface area contributed by atoms with Gasteiger partial charge in [-0.3, -0.25) is 19.0 Å².